The Morgan fingerprint density at radius 2 is 2.06 bits per heavy atom. The number of thioether (sulfide) groups is 1. The van der Waals surface area contributed by atoms with Crippen molar-refractivity contribution >= 4 is 11.8 Å². The Morgan fingerprint density at radius 3 is 2.76 bits per heavy atom. The first kappa shape index (κ1) is 12.2. The van der Waals surface area contributed by atoms with Crippen molar-refractivity contribution in [2.75, 3.05) is 7.05 Å². The van der Waals surface area contributed by atoms with Crippen molar-refractivity contribution in [3.63, 3.8) is 0 Å². The van der Waals surface area contributed by atoms with Crippen LogP contribution in [-0.4, -0.2) is 17.0 Å². The van der Waals surface area contributed by atoms with E-state index in [9.17, 15) is 0 Å². The van der Waals surface area contributed by atoms with Gasteiger partial charge in [0.05, 0.1) is 5.75 Å². The highest BCUT2D eigenvalue weighted by Gasteiger charge is 2.01. The molecule has 0 aliphatic carbocycles. The predicted molar refractivity (Wildman–Crippen MR) is 72.1 cm³/mol. The molecule has 0 unspecified atom stereocenters. The van der Waals surface area contributed by atoms with Gasteiger partial charge in [0.25, 0.3) is 0 Å². The standard InChI is InChI=1S/C13H17N3S/c1-10-3-5-12(6-4-10)17-9-13-15-8-11(16-13)7-14-2/h3-6,8,14H,7,9H2,1-2H3,(H,15,16). The smallest absolute Gasteiger partial charge is 0.116 e. The second-order valence-corrected chi connectivity index (χ2v) is 5.04. The number of nitrogens with zero attached hydrogens (tertiary/aromatic N) is 1. The van der Waals surface area contributed by atoms with E-state index in [0.29, 0.717) is 0 Å². The second kappa shape index (κ2) is 5.89. The van der Waals surface area contributed by atoms with Crippen molar-refractivity contribution in [2.24, 2.45) is 0 Å². The van der Waals surface area contributed by atoms with E-state index in [2.05, 4.69) is 46.5 Å². The van der Waals surface area contributed by atoms with Gasteiger partial charge in [0.15, 0.2) is 0 Å². The first-order chi connectivity index (χ1) is 8.28. The lowest BCUT2D eigenvalue weighted by atomic mass is 10.2. The summed E-state index contributed by atoms with van der Waals surface area (Å²) in [5.74, 6) is 1.91. The van der Waals surface area contributed by atoms with E-state index in [1.165, 1.54) is 10.5 Å². The number of nitrogens with one attached hydrogen (secondary N) is 2. The molecule has 0 spiro atoms. The van der Waals surface area contributed by atoms with Crippen LogP contribution < -0.4 is 5.32 Å². The van der Waals surface area contributed by atoms with Gasteiger partial charge < -0.3 is 10.3 Å². The monoisotopic (exact) mass is 247 g/mol. The minimum absolute atomic E-state index is 0.836. The maximum Gasteiger partial charge on any atom is 0.116 e. The molecule has 0 saturated carbocycles. The molecule has 0 saturated heterocycles. The van der Waals surface area contributed by atoms with Gasteiger partial charge in [0.2, 0.25) is 0 Å². The molecule has 2 N–H and O–H groups in total. The van der Waals surface area contributed by atoms with Crippen LogP contribution >= 0.6 is 11.8 Å². The summed E-state index contributed by atoms with van der Waals surface area (Å²) in [5, 5.41) is 3.10. The lowest BCUT2D eigenvalue weighted by Gasteiger charge is -2.00. The first-order valence-electron chi connectivity index (χ1n) is 5.65. The predicted octanol–water partition coefficient (Wildman–Crippen LogP) is 2.73. The van der Waals surface area contributed by atoms with Crippen molar-refractivity contribution in [1.82, 2.24) is 15.3 Å². The molecule has 0 atom stereocenters. The highest BCUT2D eigenvalue weighted by Crippen LogP contribution is 2.21. The van der Waals surface area contributed by atoms with E-state index in [1.54, 1.807) is 11.8 Å². The molecule has 2 aromatic rings. The zero-order chi connectivity index (χ0) is 12.1. The summed E-state index contributed by atoms with van der Waals surface area (Å²) in [4.78, 5) is 8.93. The van der Waals surface area contributed by atoms with Crippen LogP contribution in [0.15, 0.2) is 35.4 Å². The number of benzene rings is 1. The number of aromatic nitrogens is 2. The average Bonchev–Trinajstić information content (AvgIpc) is 2.77. The van der Waals surface area contributed by atoms with Gasteiger partial charge in [-0.3, -0.25) is 0 Å². The molecule has 0 aliphatic heterocycles. The Hall–Kier alpha value is -1.26. The Morgan fingerprint density at radius 1 is 1.29 bits per heavy atom. The first-order valence-corrected chi connectivity index (χ1v) is 6.63. The van der Waals surface area contributed by atoms with E-state index in [-0.39, 0.29) is 0 Å². The quantitative estimate of drug-likeness (QED) is 0.798. The Balaban J connectivity index is 1.90. The van der Waals surface area contributed by atoms with Crippen LogP contribution in [-0.2, 0) is 12.3 Å². The van der Waals surface area contributed by atoms with Crippen molar-refractivity contribution in [3.8, 4) is 0 Å². The number of hydrogen-bond donors (Lipinski definition) is 2. The van der Waals surface area contributed by atoms with E-state index in [0.717, 1.165) is 23.8 Å². The third-order valence-electron chi connectivity index (χ3n) is 2.44. The molecule has 3 nitrogen and oxygen atoms in total. The van der Waals surface area contributed by atoms with Crippen molar-refractivity contribution in [1.29, 1.82) is 0 Å². The normalized spacial score (nSPS) is 10.7. The fraction of sp³-hybridized carbons (Fsp3) is 0.308. The van der Waals surface area contributed by atoms with Crippen molar-refractivity contribution in [3.05, 3.63) is 47.5 Å². The lowest BCUT2D eigenvalue weighted by Crippen LogP contribution is -2.05. The Kier molecular flexibility index (Phi) is 4.23. The van der Waals surface area contributed by atoms with Gasteiger partial charge in [0, 0.05) is 23.3 Å². The van der Waals surface area contributed by atoms with Gasteiger partial charge in [-0.25, -0.2) is 4.98 Å². The highest BCUT2D eigenvalue weighted by molar-refractivity contribution is 7.98. The third kappa shape index (κ3) is 3.61. The minimum atomic E-state index is 0.836. The molecule has 0 fully saturated rings. The maximum atomic E-state index is 4.35. The van der Waals surface area contributed by atoms with Crippen LogP contribution in [0, 0.1) is 6.92 Å². The molecule has 1 aromatic heterocycles. The van der Waals surface area contributed by atoms with Gasteiger partial charge in [-0.05, 0) is 26.1 Å². The molecular formula is C13H17N3S. The summed E-state index contributed by atoms with van der Waals surface area (Å²) in [6, 6.07) is 8.57. The number of aromatic amines is 1. The largest absolute Gasteiger partial charge is 0.344 e. The van der Waals surface area contributed by atoms with Gasteiger partial charge in [-0.1, -0.05) is 17.7 Å². The van der Waals surface area contributed by atoms with Crippen LogP contribution in [0.3, 0.4) is 0 Å². The van der Waals surface area contributed by atoms with Crippen LogP contribution in [0.5, 0.6) is 0 Å². The number of aryl methyl sites for hydroxylation is 1. The SMILES string of the molecule is CNCc1cnc(CSc2ccc(C)cc2)[nH]1. The van der Waals surface area contributed by atoms with Crippen LogP contribution in [0.2, 0.25) is 0 Å². The van der Waals surface area contributed by atoms with Gasteiger partial charge >= 0.3 is 0 Å². The molecule has 0 radical (unpaired) electrons. The summed E-state index contributed by atoms with van der Waals surface area (Å²) in [7, 11) is 1.93. The molecule has 1 aromatic carbocycles. The molecule has 0 bridgehead atoms. The number of imidazole rings is 1. The van der Waals surface area contributed by atoms with Crippen LogP contribution in [0.4, 0.5) is 0 Å². The van der Waals surface area contributed by atoms with E-state index >= 15 is 0 Å². The zero-order valence-corrected chi connectivity index (χ0v) is 11.0. The molecule has 0 amide bonds. The molecule has 17 heavy (non-hydrogen) atoms. The Bertz CT molecular complexity index is 462. The average molecular weight is 247 g/mol. The molecule has 90 valence electrons. The summed E-state index contributed by atoms with van der Waals surface area (Å²) >= 11 is 1.80. The summed E-state index contributed by atoms with van der Waals surface area (Å²) in [6.45, 7) is 2.94. The second-order valence-electron chi connectivity index (χ2n) is 3.99. The van der Waals surface area contributed by atoms with Crippen molar-refractivity contribution < 1.29 is 0 Å². The van der Waals surface area contributed by atoms with E-state index in [4.69, 9.17) is 0 Å². The van der Waals surface area contributed by atoms with Gasteiger partial charge in [-0.2, -0.15) is 0 Å². The Labute approximate surface area is 106 Å². The number of hydrogen-bond acceptors (Lipinski definition) is 3. The molecule has 0 aliphatic rings. The van der Waals surface area contributed by atoms with E-state index < -0.39 is 0 Å². The zero-order valence-electron chi connectivity index (χ0n) is 10.2. The van der Waals surface area contributed by atoms with Gasteiger partial charge in [-0.15, -0.1) is 11.8 Å². The fourth-order valence-electron chi connectivity index (χ4n) is 1.55. The topological polar surface area (TPSA) is 40.7 Å². The summed E-state index contributed by atoms with van der Waals surface area (Å²) < 4.78 is 0. The molecule has 4 heteroatoms. The van der Waals surface area contributed by atoms with Crippen LogP contribution in [0.25, 0.3) is 0 Å². The summed E-state index contributed by atoms with van der Waals surface area (Å²) in [5.41, 5.74) is 2.43. The lowest BCUT2D eigenvalue weighted by molar-refractivity contribution is 0.794. The maximum absolute atomic E-state index is 4.35. The number of H-pyrrole nitrogens is 1. The molecule has 1 heterocycles. The molecule has 2 rings (SSSR count). The van der Waals surface area contributed by atoms with Crippen molar-refractivity contribution in [2.45, 2.75) is 24.1 Å². The third-order valence-corrected chi connectivity index (χ3v) is 3.47. The minimum Gasteiger partial charge on any atom is -0.344 e. The van der Waals surface area contributed by atoms with Gasteiger partial charge in [0.1, 0.15) is 5.82 Å². The van der Waals surface area contributed by atoms with Crippen LogP contribution in [0.1, 0.15) is 17.1 Å². The summed E-state index contributed by atoms with van der Waals surface area (Å²) in [6.07, 6.45) is 1.89. The molecular weight excluding hydrogens is 230 g/mol. The number of rotatable bonds is 5. The highest BCUT2D eigenvalue weighted by atomic mass is 32.2. The fourth-order valence-corrected chi connectivity index (χ4v) is 2.32. The van der Waals surface area contributed by atoms with E-state index in [1.807, 2.05) is 13.2 Å².